The predicted molar refractivity (Wildman–Crippen MR) is 103 cm³/mol. The van der Waals surface area contributed by atoms with Gasteiger partial charge >= 0.3 is 0 Å². The van der Waals surface area contributed by atoms with Gasteiger partial charge in [0.2, 0.25) is 11.8 Å². The van der Waals surface area contributed by atoms with Gasteiger partial charge in [0.15, 0.2) is 5.82 Å². The van der Waals surface area contributed by atoms with Crippen LogP contribution >= 0.6 is 11.3 Å². The lowest BCUT2D eigenvalue weighted by atomic mass is 10.2. The van der Waals surface area contributed by atoms with E-state index in [1.54, 1.807) is 31.3 Å². The predicted octanol–water partition coefficient (Wildman–Crippen LogP) is 3.18. The van der Waals surface area contributed by atoms with E-state index in [1.165, 1.54) is 0 Å². The third kappa shape index (κ3) is 5.24. The Morgan fingerprint density at radius 2 is 2.04 bits per heavy atom. The molecule has 0 bridgehead atoms. The van der Waals surface area contributed by atoms with Gasteiger partial charge in [0.1, 0.15) is 16.8 Å². The van der Waals surface area contributed by atoms with Crippen LogP contribution in [0.4, 0.5) is 5.82 Å². The Bertz CT molecular complexity index is 920. The summed E-state index contributed by atoms with van der Waals surface area (Å²) < 4.78 is 4.89. The molecule has 2 N–H and O–H groups in total. The molecule has 3 rings (SSSR count). The molecule has 2 heterocycles. The molecule has 8 heteroatoms. The minimum absolute atomic E-state index is 0.205. The van der Waals surface area contributed by atoms with Crippen LogP contribution in [0.1, 0.15) is 24.8 Å². The van der Waals surface area contributed by atoms with Crippen molar-refractivity contribution in [1.82, 2.24) is 15.5 Å². The number of benzene rings is 1. The first-order valence-corrected chi connectivity index (χ1v) is 9.42. The van der Waals surface area contributed by atoms with Gasteiger partial charge < -0.3 is 15.2 Å². The maximum Gasteiger partial charge on any atom is 0.247 e. The second-order valence-corrected chi connectivity index (χ2v) is 6.97. The highest BCUT2D eigenvalue weighted by Crippen LogP contribution is 2.23. The number of nitrogens with zero attached hydrogens (tertiary/aromatic N) is 2. The molecular weight excluding hydrogens is 364 g/mol. The van der Waals surface area contributed by atoms with E-state index < -0.39 is 6.04 Å². The van der Waals surface area contributed by atoms with E-state index in [9.17, 15) is 9.59 Å². The number of carbonyl (C=O) groups excluding carboxylic acids is 2. The molecule has 1 atom stereocenters. The van der Waals surface area contributed by atoms with Crippen molar-refractivity contribution in [1.29, 1.82) is 0 Å². The summed E-state index contributed by atoms with van der Waals surface area (Å²) in [6.45, 7) is 3.35. The summed E-state index contributed by atoms with van der Waals surface area (Å²) in [7, 11) is 0. The quantitative estimate of drug-likeness (QED) is 0.652. The zero-order chi connectivity index (χ0) is 19.2. The molecule has 0 saturated carbocycles. The second kappa shape index (κ2) is 8.59. The second-order valence-electron chi connectivity index (χ2n) is 6.11. The Balaban J connectivity index is 1.46. The minimum Gasteiger partial charge on any atom is -0.360 e. The normalized spacial score (nSPS) is 11.8. The molecule has 0 aliphatic heterocycles. The average Bonchev–Trinajstić information content (AvgIpc) is 3.29. The number of nitrogens with one attached hydrogen (secondary N) is 2. The molecule has 1 aromatic carbocycles. The van der Waals surface area contributed by atoms with Crippen LogP contribution in [0.2, 0.25) is 0 Å². The Morgan fingerprint density at radius 3 is 2.74 bits per heavy atom. The summed E-state index contributed by atoms with van der Waals surface area (Å²) >= 11 is 1.55. The Morgan fingerprint density at radius 1 is 1.26 bits per heavy atom. The van der Waals surface area contributed by atoms with Crippen molar-refractivity contribution in [3.63, 3.8) is 0 Å². The molecular formula is C19H20N4O3S. The monoisotopic (exact) mass is 384 g/mol. The summed E-state index contributed by atoms with van der Waals surface area (Å²) in [5.74, 6) is 0.370. The topological polar surface area (TPSA) is 97.1 Å². The number of hydrogen-bond acceptors (Lipinski definition) is 6. The highest BCUT2D eigenvalue weighted by Gasteiger charge is 2.17. The summed E-state index contributed by atoms with van der Waals surface area (Å²) in [6, 6.07) is 10.8. The summed E-state index contributed by atoms with van der Waals surface area (Å²) in [5, 5.41) is 11.9. The van der Waals surface area contributed by atoms with Crippen LogP contribution in [0, 0.1) is 6.92 Å². The average molecular weight is 384 g/mol. The number of thiazole rings is 1. The highest BCUT2D eigenvalue weighted by atomic mass is 32.1. The largest absolute Gasteiger partial charge is 0.360 e. The molecule has 0 radical (unpaired) electrons. The minimum atomic E-state index is -0.676. The first kappa shape index (κ1) is 18.8. The fraction of sp³-hybridized carbons (Fsp3) is 0.263. The number of carbonyl (C=O) groups is 2. The van der Waals surface area contributed by atoms with Gasteiger partial charge in [0, 0.05) is 23.4 Å². The van der Waals surface area contributed by atoms with Crippen molar-refractivity contribution in [2.24, 2.45) is 0 Å². The Kier molecular flexibility index (Phi) is 5.97. The maximum atomic E-state index is 12.1. The summed E-state index contributed by atoms with van der Waals surface area (Å²) in [4.78, 5) is 28.8. The summed E-state index contributed by atoms with van der Waals surface area (Å²) in [6.07, 6.45) is 0.782. The van der Waals surface area contributed by atoms with Crippen LogP contribution in [0.15, 0.2) is 46.3 Å². The van der Waals surface area contributed by atoms with E-state index >= 15 is 0 Å². The number of rotatable bonds is 7. The van der Waals surface area contributed by atoms with Gasteiger partial charge in [-0.25, -0.2) is 4.98 Å². The number of aryl methyl sites for hydroxylation is 2. The van der Waals surface area contributed by atoms with E-state index in [-0.39, 0.29) is 18.2 Å². The smallest absolute Gasteiger partial charge is 0.247 e. The third-order valence-corrected chi connectivity index (χ3v) is 4.77. The third-order valence-electron chi connectivity index (χ3n) is 3.83. The molecule has 1 unspecified atom stereocenters. The maximum absolute atomic E-state index is 12.1. The van der Waals surface area contributed by atoms with Crippen molar-refractivity contribution < 1.29 is 14.1 Å². The van der Waals surface area contributed by atoms with Gasteiger partial charge in [-0.1, -0.05) is 35.5 Å². The van der Waals surface area contributed by atoms with Gasteiger partial charge in [-0.3, -0.25) is 9.59 Å². The van der Waals surface area contributed by atoms with Gasteiger partial charge in [-0.2, -0.15) is 0 Å². The van der Waals surface area contributed by atoms with Crippen LogP contribution in [0.5, 0.6) is 0 Å². The van der Waals surface area contributed by atoms with Crippen LogP contribution in [-0.4, -0.2) is 28.0 Å². The highest BCUT2D eigenvalue weighted by molar-refractivity contribution is 7.13. The fourth-order valence-electron chi connectivity index (χ4n) is 2.42. The van der Waals surface area contributed by atoms with Gasteiger partial charge in [0.05, 0.1) is 5.69 Å². The zero-order valence-electron chi connectivity index (χ0n) is 15.1. The molecule has 2 aromatic heterocycles. The number of aromatic nitrogens is 2. The lowest BCUT2D eigenvalue weighted by molar-refractivity contribution is -0.126. The standard InChI is InChI=1S/C19H20N4O3S/c1-12-10-16(23-26-12)22-18(25)13(2)20-17(24)9-8-15-11-27-19(21-15)14-6-4-3-5-7-14/h3-7,10-11,13H,8-9H2,1-2H3,(H,20,24)(H,22,23,25). The molecule has 0 aliphatic rings. The van der Waals surface area contributed by atoms with Crippen LogP contribution in [0.3, 0.4) is 0 Å². The van der Waals surface area contributed by atoms with Gasteiger partial charge in [-0.15, -0.1) is 11.3 Å². The van der Waals surface area contributed by atoms with Crippen LogP contribution in [-0.2, 0) is 16.0 Å². The van der Waals surface area contributed by atoms with E-state index in [0.29, 0.717) is 18.0 Å². The molecule has 2 amide bonds. The number of amides is 2. The van der Waals surface area contributed by atoms with E-state index in [2.05, 4.69) is 20.8 Å². The van der Waals surface area contributed by atoms with Crippen LogP contribution in [0.25, 0.3) is 10.6 Å². The van der Waals surface area contributed by atoms with E-state index in [1.807, 2.05) is 35.7 Å². The molecule has 0 spiro atoms. The molecule has 0 aliphatic carbocycles. The van der Waals surface area contributed by atoms with Crippen molar-refractivity contribution in [2.45, 2.75) is 32.7 Å². The number of hydrogen-bond donors (Lipinski definition) is 2. The van der Waals surface area contributed by atoms with Crippen molar-refractivity contribution in [3.8, 4) is 10.6 Å². The van der Waals surface area contributed by atoms with Crippen molar-refractivity contribution in [3.05, 3.63) is 53.2 Å². The molecule has 0 fully saturated rings. The lowest BCUT2D eigenvalue weighted by Gasteiger charge is -2.12. The molecule has 7 nitrogen and oxygen atoms in total. The van der Waals surface area contributed by atoms with Gasteiger partial charge in [-0.05, 0) is 20.3 Å². The van der Waals surface area contributed by atoms with Crippen LogP contribution < -0.4 is 10.6 Å². The lowest BCUT2D eigenvalue weighted by Crippen LogP contribution is -2.41. The Labute approximate surface area is 160 Å². The van der Waals surface area contributed by atoms with Crippen molar-refractivity contribution >= 4 is 29.0 Å². The zero-order valence-corrected chi connectivity index (χ0v) is 15.9. The molecule has 0 saturated heterocycles. The molecule has 140 valence electrons. The van der Waals surface area contributed by atoms with Crippen molar-refractivity contribution in [2.75, 3.05) is 5.32 Å². The summed E-state index contributed by atoms with van der Waals surface area (Å²) in [5.41, 5.74) is 1.93. The SMILES string of the molecule is Cc1cc(NC(=O)C(C)NC(=O)CCc2csc(-c3ccccc3)n2)no1. The van der Waals surface area contributed by atoms with E-state index in [0.717, 1.165) is 16.3 Å². The molecule has 3 aromatic rings. The van der Waals surface area contributed by atoms with Gasteiger partial charge in [0.25, 0.3) is 0 Å². The first-order chi connectivity index (χ1) is 13.0. The Hall–Kier alpha value is -3.00. The fourth-order valence-corrected chi connectivity index (χ4v) is 3.28. The first-order valence-electron chi connectivity index (χ1n) is 8.54. The van der Waals surface area contributed by atoms with E-state index in [4.69, 9.17) is 4.52 Å². The number of anilines is 1. The molecule has 27 heavy (non-hydrogen) atoms.